The van der Waals surface area contributed by atoms with Crippen LogP contribution in [0.3, 0.4) is 0 Å². The molecular formula is C8H10Cl2N2S. The van der Waals surface area contributed by atoms with Crippen LogP contribution in [0.4, 0.5) is 0 Å². The van der Waals surface area contributed by atoms with Crippen LogP contribution in [0.2, 0.25) is 5.02 Å². The van der Waals surface area contributed by atoms with Gasteiger partial charge in [-0.25, -0.2) is 9.97 Å². The highest BCUT2D eigenvalue weighted by atomic mass is 35.5. The fraction of sp³-hybridized carbons (Fsp3) is 0.500. The predicted molar refractivity (Wildman–Crippen MR) is 57.7 cm³/mol. The minimum Gasteiger partial charge on any atom is -0.243 e. The number of hydrogen-bond donors (Lipinski definition) is 0. The Morgan fingerprint density at radius 2 is 2.23 bits per heavy atom. The van der Waals surface area contributed by atoms with Gasteiger partial charge in [0, 0.05) is 10.6 Å². The normalized spacial score (nSPS) is 11.7. The van der Waals surface area contributed by atoms with Crippen molar-refractivity contribution in [2.75, 3.05) is 5.88 Å². The lowest BCUT2D eigenvalue weighted by atomic mass is 10.2. The molecule has 0 N–H and O–H groups in total. The van der Waals surface area contributed by atoms with Crippen molar-refractivity contribution in [1.29, 1.82) is 0 Å². The van der Waals surface area contributed by atoms with E-state index in [2.05, 4.69) is 9.97 Å². The maximum atomic E-state index is 5.90. The van der Waals surface area contributed by atoms with Gasteiger partial charge in [-0.05, 0) is 13.8 Å². The summed E-state index contributed by atoms with van der Waals surface area (Å²) in [5.41, 5.74) is 0. The molecule has 0 spiro atoms. The molecule has 0 atom stereocenters. The van der Waals surface area contributed by atoms with Gasteiger partial charge in [0.1, 0.15) is 11.4 Å². The van der Waals surface area contributed by atoms with Crippen LogP contribution in [0.1, 0.15) is 13.8 Å². The molecule has 1 heterocycles. The van der Waals surface area contributed by atoms with Crippen LogP contribution in [0, 0.1) is 0 Å². The molecule has 5 heteroatoms. The van der Waals surface area contributed by atoms with Crippen LogP contribution in [0.25, 0.3) is 0 Å². The van der Waals surface area contributed by atoms with Crippen LogP contribution in [0.15, 0.2) is 17.6 Å². The largest absolute Gasteiger partial charge is 0.243 e. The van der Waals surface area contributed by atoms with Gasteiger partial charge in [-0.3, -0.25) is 0 Å². The van der Waals surface area contributed by atoms with Gasteiger partial charge >= 0.3 is 0 Å². The van der Waals surface area contributed by atoms with E-state index >= 15 is 0 Å². The Hall–Kier alpha value is 0.01000. The maximum absolute atomic E-state index is 5.90. The molecule has 0 fully saturated rings. The monoisotopic (exact) mass is 236 g/mol. The Bertz CT molecular complexity index is 291. The smallest absolute Gasteiger partial charge is 0.119 e. The van der Waals surface area contributed by atoms with Crippen LogP contribution in [-0.2, 0) is 0 Å². The quantitative estimate of drug-likeness (QED) is 0.458. The Kier molecular flexibility index (Phi) is 3.83. The highest BCUT2D eigenvalue weighted by Gasteiger charge is 2.20. The van der Waals surface area contributed by atoms with Crippen LogP contribution in [0.5, 0.6) is 0 Å². The van der Waals surface area contributed by atoms with Crippen LogP contribution >= 0.6 is 35.0 Å². The van der Waals surface area contributed by atoms with Crippen molar-refractivity contribution < 1.29 is 0 Å². The van der Waals surface area contributed by atoms with Crippen molar-refractivity contribution >= 4 is 35.0 Å². The molecule has 0 aliphatic carbocycles. The van der Waals surface area contributed by atoms with Crippen molar-refractivity contribution in [3.05, 3.63) is 17.5 Å². The first-order chi connectivity index (χ1) is 6.05. The molecule has 72 valence electrons. The zero-order valence-electron chi connectivity index (χ0n) is 7.42. The fourth-order valence-corrected chi connectivity index (χ4v) is 1.88. The SMILES string of the molecule is CC(C)(CCl)Sc1ncncc1Cl. The second-order valence-electron chi connectivity index (χ2n) is 3.17. The molecule has 0 aliphatic heterocycles. The first-order valence-electron chi connectivity index (χ1n) is 3.75. The highest BCUT2D eigenvalue weighted by Crippen LogP contribution is 2.35. The summed E-state index contributed by atoms with van der Waals surface area (Å²) in [4.78, 5) is 7.88. The third kappa shape index (κ3) is 3.33. The van der Waals surface area contributed by atoms with E-state index in [4.69, 9.17) is 23.2 Å². The third-order valence-electron chi connectivity index (χ3n) is 1.33. The molecule has 0 amide bonds. The molecular weight excluding hydrogens is 227 g/mol. The summed E-state index contributed by atoms with van der Waals surface area (Å²) in [6, 6.07) is 0. The Labute approximate surface area is 92.1 Å². The standard InChI is InChI=1S/C8H10Cl2N2S/c1-8(2,4-9)13-7-6(10)3-11-5-12-7/h3,5H,4H2,1-2H3. The maximum Gasteiger partial charge on any atom is 0.119 e. The number of aromatic nitrogens is 2. The number of rotatable bonds is 3. The van der Waals surface area contributed by atoms with Gasteiger partial charge in [0.25, 0.3) is 0 Å². The zero-order chi connectivity index (χ0) is 9.90. The van der Waals surface area contributed by atoms with Gasteiger partial charge in [0.2, 0.25) is 0 Å². The molecule has 1 aromatic rings. The molecule has 0 saturated heterocycles. The van der Waals surface area contributed by atoms with Crippen molar-refractivity contribution in [2.24, 2.45) is 0 Å². The van der Waals surface area contributed by atoms with Crippen molar-refractivity contribution in [3.8, 4) is 0 Å². The van der Waals surface area contributed by atoms with E-state index in [0.717, 1.165) is 5.03 Å². The van der Waals surface area contributed by atoms with Gasteiger partial charge < -0.3 is 0 Å². The zero-order valence-corrected chi connectivity index (χ0v) is 9.75. The molecule has 13 heavy (non-hydrogen) atoms. The average molecular weight is 237 g/mol. The summed E-state index contributed by atoms with van der Waals surface area (Å²) >= 11 is 13.2. The minimum atomic E-state index is -0.0560. The lowest BCUT2D eigenvalue weighted by Gasteiger charge is -2.19. The molecule has 0 bridgehead atoms. The van der Waals surface area contributed by atoms with E-state index in [9.17, 15) is 0 Å². The van der Waals surface area contributed by atoms with E-state index in [-0.39, 0.29) is 4.75 Å². The van der Waals surface area contributed by atoms with E-state index in [1.165, 1.54) is 6.33 Å². The molecule has 0 unspecified atom stereocenters. The third-order valence-corrected chi connectivity index (χ3v) is 3.76. The topological polar surface area (TPSA) is 25.8 Å². The van der Waals surface area contributed by atoms with Gasteiger partial charge in [-0.2, -0.15) is 0 Å². The van der Waals surface area contributed by atoms with Crippen molar-refractivity contribution in [3.63, 3.8) is 0 Å². The second kappa shape index (κ2) is 4.49. The highest BCUT2D eigenvalue weighted by molar-refractivity contribution is 8.00. The van der Waals surface area contributed by atoms with E-state index in [0.29, 0.717) is 10.9 Å². The van der Waals surface area contributed by atoms with Crippen molar-refractivity contribution in [2.45, 2.75) is 23.6 Å². The lowest BCUT2D eigenvalue weighted by Crippen LogP contribution is -2.16. The summed E-state index contributed by atoms with van der Waals surface area (Å²) in [5, 5.41) is 1.35. The van der Waals surface area contributed by atoms with Crippen LogP contribution < -0.4 is 0 Å². The number of alkyl halides is 1. The average Bonchev–Trinajstić information content (AvgIpc) is 2.09. The molecule has 0 saturated carbocycles. The first kappa shape index (κ1) is 11.1. The summed E-state index contributed by atoms with van der Waals surface area (Å²) in [6.45, 7) is 4.09. The Morgan fingerprint density at radius 3 is 2.77 bits per heavy atom. The van der Waals surface area contributed by atoms with Gasteiger partial charge in [0.15, 0.2) is 0 Å². The Balaban J connectivity index is 2.80. The van der Waals surface area contributed by atoms with Crippen LogP contribution in [-0.4, -0.2) is 20.6 Å². The van der Waals surface area contributed by atoms with Crippen molar-refractivity contribution in [1.82, 2.24) is 9.97 Å². The number of hydrogen-bond acceptors (Lipinski definition) is 3. The molecule has 0 aliphatic rings. The minimum absolute atomic E-state index is 0.0560. The lowest BCUT2D eigenvalue weighted by molar-refractivity contribution is 0.806. The van der Waals surface area contributed by atoms with Gasteiger partial charge in [-0.1, -0.05) is 23.4 Å². The molecule has 0 radical (unpaired) electrons. The summed E-state index contributed by atoms with van der Waals surface area (Å²) < 4.78 is -0.0560. The van der Waals surface area contributed by atoms with Gasteiger partial charge in [0.05, 0.1) is 11.2 Å². The fourth-order valence-electron chi connectivity index (χ4n) is 0.666. The second-order valence-corrected chi connectivity index (χ2v) is 5.54. The van der Waals surface area contributed by atoms with E-state index in [1.54, 1.807) is 18.0 Å². The van der Waals surface area contributed by atoms with Gasteiger partial charge in [-0.15, -0.1) is 11.6 Å². The molecule has 0 aromatic carbocycles. The molecule has 1 rings (SSSR count). The number of thioether (sulfide) groups is 1. The predicted octanol–water partition coefficient (Wildman–Crippen LogP) is 3.24. The molecule has 2 nitrogen and oxygen atoms in total. The number of nitrogens with zero attached hydrogens (tertiary/aromatic N) is 2. The number of halogens is 2. The van der Waals surface area contributed by atoms with E-state index < -0.39 is 0 Å². The summed E-state index contributed by atoms with van der Waals surface area (Å²) in [7, 11) is 0. The summed E-state index contributed by atoms with van der Waals surface area (Å²) in [6.07, 6.45) is 3.07. The molecule has 1 aromatic heterocycles. The first-order valence-corrected chi connectivity index (χ1v) is 5.48. The van der Waals surface area contributed by atoms with E-state index in [1.807, 2.05) is 13.8 Å². The Morgan fingerprint density at radius 1 is 1.54 bits per heavy atom. The summed E-state index contributed by atoms with van der Waals surface area (Å²) in [5.74, 6) is 0.554.